The lowest BCUT2D eigenvalue weighted by molar-refractivity contribution is -0.0328. The topological polar surface area (TPSA) is 20.2 Å². The Morgan fingerprint density at radius 2 is 1.58 bits per heavy atom. The van der Waals surface area contributed by atoms with Gasteiger partial charge >= 0.3 is 5.51 Å². The molecule has 0 unspecified atom stereocenters. The summed E-state index contributed by atoms with van der Waals surface area (Å²) in [6.07, 6.45) is 0. The number of benzene rings is 1. The lowest BCUT2D eigenvalue weighted by Gasteiger charge is -2.04. The van der Waals surface area contributed by atoms with Crippen LogP contribution in [0.25, 0.3) is 0 Å². The Hall–Kier alpha value is -0.840. The first-order valence-corrected chi connectivity index (χ1v) is 3.84. The molecule has 0 aliphatic rings. The molecule has 12 heavy (non-hydrogen) atoms. The van der Waals surface area contributed by atoms with Crippen LogP contribution < -0.4 is 0 Å². The van der Waals surface area contributed by atoms with E-state index in [0.717, 1.165) is 0 Å². The predicted octanol–water partition coefficient (Wildman–Crippen LogP) is 3.00. The molecule has 0 saturated heterocycles. The maximum absolute atomic E-state index is 11.7. The first-order valence-electron chi connectivity index (χ1n) is 3.02. The molecule has 0 atom stereocenters. The number of aromatic hydroxyl groups is 1. The van der Waals surface area contributed by atoms with Gasteiger partial charge in [-0.05, 0) is 36.0 Å². The lowest BCUT2D eigenvalue weighted by atomic mass is 10.3. The number of thioether (sulfide) groups is 1. The van der Waals surface area contributed by atoms with Crippen LogP contribution in [0.2, 0.25) is 0 Å². The van der Waals surface area contributed by atoms with E-state index < -0.39 is 5.51 Å². The molecule has 0 bridgehead atoms. The molecule has 0 spiro atoms. The monoisotopic (exact) mass is 193 g/mol. The Balaban J connectivity index is 2.71. The fraction of sp³-hybridized carbons (Fsp3) is 0.143. The predicted molar refractivity (Wildman–Crippen MR) is 40.0 cm³/mol. The molecule has 66 valence electrons. The Morgan fingerprint density at radius 1 is 1.08 bits per heavy atom. The fourth-order valence-electron chi connectivity index (χ4n) is 0.648. The van der Waals surface area contributed by atoms with E-state index in [9.17, 15) is 13.2 Å². The Bertz CT molecular complexity index is 254. The van der Waals surface area contributed by atoms with Crippen LogP contribution in [0, 0.1) is 0 Å². The molecule has 1 nitrogen and oxygen atoms in total. The number of rotatable bonds is 1. The fourth-order valence-corrected chi connectivity index (χ4v) is 1.19. The summed E-state index contributed by atoms with van der Waals surface area (Å²) in [6, 6.07) is 4.86. The van der Waals surface area contributed by atoms with Gasteiger partial charge in [-0.1, -0.05) is 0 Å². The number of hydrogen-bond donors (Lipinski definition) is 1. The highest BCUT2D eigenvalue weighted by atomic mass is 32.2. The normalized spacial score (nSPS) is 11.6. The molecule has 0 aliphatic carbocycles. The summed E-state index contributed by atoms with van der Waals surface area (Å²) in [4.78, 5) is 0.0697. The van der Waals surface area contributed by atoms with Gasteiger partial charge in [-0.25, -0.2) is 0 Å². The van der Waals surface area contributed by atoms with Gasteiger partial charge in [0.25, 0.3) is 0 Å². The van der Waals surface area contributed by atoms with Crippen LogP contribution in [-0.2, 0) is 0 Å². The first-order chi connectivity index (χ1) is 5.47. The second kappa shape index (κ2) is 3.26. The molecule has 5 heteroatoms. The number of phenols is 1. The van der Waals surface area contributed by atoms with Gasteiger partial charge < -0.3 is 5.11 Å². The van der Waals surface area contributed by atoms with Crippen molar-refractivity contribution in [3.05, 3.63) is 24.3 Å². The number of alkyl halides is 3. The van der Waals surface area contributed by atoms with E-state index in [1.54, 1.807) is 0 Å². The summed E-state index contributed by atoms with van der Waals surface area (Å²) in [6.45, 7) is 0. The maximum Gasteiger partial charge on any atom is 0.446 e. The maximum atomic E-state index is 11.7. The van der Waals surface area contributed by atoms with Crippen molar-refractivity contribution in [2.24, 2.45) is 0 Å². The highest BCUT2D eigenvalue weighted by molar-refractivity contribution is 8.00. The van der Waals surface area contributed by atoms with Gasteiger partial charge in [-0.2, -0.15) is 13.2 Å². The average molecular weight is 193 g/mol. The minimum atomic E-state index is -4.27. The lowest BCUT2D eigenvalue weighted by Crippen LogP contribution is -1.98. The Labute approximate surface area is 71.2 Å². The Morgan fingerprint density at radius 3 is 2.00 bits per heavy atom. The largest absolute Gasteiger partial charge is 0.508 e. The van der Waals surface area contributed by atoms with Crippen molar-refractivity contribution in [1.82, 2.24) is 0 Å². The molecule has 0 radical (unpaired) electrons. The van der Waals surface area contributed by atoms with Gasteiger partial charge in [0.15, 0.2) is 0 Å². The van der Waals surface area contributed by atoms with E-state index in [1.165, 1.54) is 24.3 Å². The van der Waals surface area contributed by atoms with Crippen molar-refractivity contribution >= 4 is 11.8 Å². The Kier molecular flexibility index (Phi) is 2.52. The molecule has 1 aromatic carbocycles. The summed E-state index contributed by atoms with van der Waals surface area (Å²) < 4.78 is 35.2. The van der Waals surface area contributed by atoms with E-state index in [-0.39, 0.29) is 22.4 Å². The standard InChI is InChI=1S/C7H5F3OS/c8-7(9,10)12-6-3-1-5(11)2-4-6/h1-4,11H/i8-1. The van der Waals surface area contributed by atoms with E-state index >= 15 is 0 Å². The SMILES string of the molecule is Oc1ccc(SC(F)(F)[18F])cc1. The van der Waals surface area contributed by atoms with Gasteiger partial charge in [0.1, 0.15) is 5.75 Å². The molecule has 0 aromatic heterocycles. The molecule has 0 amide bonds. The van der Waals surface area contributed by atoms with E-state index in [0.29, 0.717) is 0 Å². The van der Waals surface area contributed by atoms with Gasteiger partial charge in [0, 0.05) is 4.90 Å². The molecule has 1 aromatic rings. The van der Waals surface area contributed by atoms with Gasteiger partial charge in [0.05, 0.1) is 0 Å². The summed E-state index contributed by atoms with van der Waals surface area (Å²) in [5, 5.41) is 8.76. The average Bonchev–Trinajstić information content (AvgIpc) is 1.91. The van der Waals surface area contributed by atoms with Crippen molar-refractivity contribution in [3.63, 3.8) is 0 Å². The second-order valence-corrected chi connectivity index (χ2v) is 3.18. The van der Waals surface area contributed by atoms with Gasteiger partial charge in [0.2, 0.25) is 0 Å². The van der Waals surface area contributed by atoms with Crippen molar-refractivity contribution in [2.45, 2.75) is 10.4 Å². The number of hydrogen-bond acceptors (Lipinski definition) is 2. The zero-order valence-corrected chi connectivity index (χ0v) is 6.62. The van der Waals surface area contributed by atoms with Crippen LogP contribution in [0.15, 0.2) is 29.2 Å². The third kappa shape index (κ3) is 3.04. The van der Waals surface area contributed by atoms with Crippen molar-refractivity contribution in [2.75, 3.05) is 0 Å². The third-order valence-electron chi connectivity index (χ3n) is 1.07. The van der Waals surface area contributed by atoms with Crippen molar-refractivity contribution in [1.29, 1.82) is 0 Å². The third-order valence-corrected chi connectivity index (χ3v) is 1.81. The molecule has 0 fully saturated rings. The van der Waals surface area contributed by atoms with Crippen LogP contribution in [0.3, 0.4) is 0 Å². The van der Waals surface area contributed by atoms with Gasteiger partial charge in [-0.15, -0.1) is 0 Å². The van der Waals surface area contributed by atoms with Crippen LogP contribution in [0.5, 0.6) is 5.75 Å². The highest BCUT2D eigenvalue weighted by Crippen LogP contribution is 2.36. The van der Waals surface area contributed by atoms with Crippen LogP contribution in [0.4, 0.5) is 13.2 Å². The van der Waals surface area contributed by atoms with Crippen LogP contribution >= 0.6 is 11.8 Å². The van der Waals surface area contributed by atoms with Crippen LogP contribution in [-0.4, -0.2) is 10.6 Å². The summed E-state index contributed by atoms with van der Waals surface area (Å²) >= 11 is -0.202. The minimum Gasteiger partial charge on any atom is -0.508 e. The molecular formula is C7H5F3OS. The smallest absolute Gasteiger partial charge is 0.446 e. The highest BCUT2D eigenvalue weighted by Gasteiger charge is 2.28. The summed E-state index contributed by atoms with van der Waals surface area (Å²) in [7, 11) is 0. The molecule has 0 saturated carbocycles. The van der Waals surface area contributed by atoms with Crippen molar-refractivity contribution in [3.8, 4) is 5.75 Å². The molecule has 1 N–H and O–H groups in total. The van der Waals surface area contributed by atoms with E-state index in [1.807, 2.05) is 0 Å². The first kappa shape index (κ1) is 9.25. The minimum absolute atomic E-state index is 0.0403. The second-order valence-electron chi connectivity index (χ2n) is 2.04. The van der Waals surface area contributed by atoms with E-state index in [4.69, 9.17) is 5.11 Å². The van der Waals surface area contributed by atoms with Crippen molar-refractivity contribution < 1.29 is 18.3 Å². The van der Waals surface area contributed by atoms with Crippen LogP contribution in [0.1, 0.15) is 0 Å². The molecule has 0 aliphatic heterocycles. The molecule has 0 heterocycles. The molecular weight excluding hydrogens is 188 g/mol. The summed E-state index contributed by atoms with van der Waals surface area (Å²) in [5.74, 6) is -0.0403. The quantitative estimate of drug-likeness (QED) is 0.692. The summed E-state index contributed by atoms with van der Waals surface area (Å²) in [5.41, 5.74) is -4.27. The zero-order valence-electron chi connectivity index (χ0n) is 5.80. The van der Waals surface area contributed by atoms with Gasteiger partial charge in [-0.3, -0.25) is 0 Å². The number of halogens is 3. The number of phenolic OH excluding ortho intramolecular Hbond substituents is 1. The zero-order chi connectivity index (χ0) is 9.19. The van der Waals surface area contributed by atoms with E-state index in [2.05, 4.69) is 0 Å². The molecule has 1 rings (SSSR count).